The molecule has 1 aromatic rings. The van der Waals surface area contributed by atoms with Gasteiger partial charge >= 0.3 is 0 Å². The van der Waals surface area contributed by atoms with Crippen LogP contribution < -0.4 is 14.8 Å². The molecule has 0 aliphatic carbocycles. The molecule has 0 spiro atoms. The Labute approximate surface area is 172 Å². The molecule has 1 aliphatic heterocycles. The van der Waals surface area contributed by atoms with Crippen LogP contribution in [-0.4, -0.2) is 49.1 Å². The van der Waals surface area contributed by atoms with Crippen molar-refractivity contribution in [2.75, 3.05) is 26.3 Å². The second kappa shape index (κ2) is 11.1. The summed E-state index contributed by atoms with van der Waals surface area (Å²) in [5.41, 5.74) is 0.342. The molecule has 156 valence electrons. The van der Waals surface area contributed by atoms with Gasteiger partial charge in [0.15, 0.2) is 11.5 Å². The molecule has 0 saturated carbocycles. The van der Waals surface area contributed by atoms with Gasteiger partial charge in [0.2, 0.25) is 5.91 Å². The maximum Gasteiger partial charge on any atom is 0.252 e. The van der Waals surface area contributed by atoms with Gasteiger partial charge in [-0.25, -0.2) is 0 Å². The number of ether oxygens (including phenoxy) is 2. The predicted octanol–water partition coefficient (Wildman–Crippen LogP) is 4.05. The van der Waals surface area contributed by atoms with Crippen LogP contribution in [-0.2, 0) is 4.79 Å². The maximum absolute atomic E-state index is 12.7. The molecule has 28 heavy (non-hydrogen) atoms. The van der Waals surface area contributed by atoms with Crippen molar-refractivity contribution in [3.63, 3.8) is 0 Å². The van der Waals surface area contributed by atoms with Gasteiger partial charge in [-0.1, -0.05) is 24.9 Å². The first-order valence-electron chi connectivity index (χ1n) is 10.2. The van der Waals surface area contributed by atoms with Gasteiger partial charge in [0.25, 0.3) is 5.91 Å². The Morgan fingerprint density at radius 1 is 1.18 bits per heavy atom. The fraction of sp³-hybridized carbons (Fsp3) is 0.619. The first-order valence-corrected chi connectivity index (χ1v) is 10.5. The van der Waals surface area contributed by atoms with Crippen molar-refractivity contribution in [3.05, 3.63) is 22.7 Å². The van der Waals surface area contributed by atoms with E-state index in [1.54, 1.807) is 19.1 Å². The third kappa shape index (κ3) is 6.03. The third-order valence-electron chi connectivity index (χ3n) is 4.70. The standard InChI is InChI=1S/C21H31ClN2O4/c1-4-6-12-28-19-17(22)13-16(14-18(19)27-5-2)20(25)23-15(3)21(26)24-10-8-7-9-11-24/h13-15H,4-12H2,1-3H3,(H,23,25)/t15-/m0/s1. The smallest absolute Gasteiger partial charge is 0.252 e. The van der Waals surface area contributed by atoms with Gasteiger partial charge in [-0.15, -0.1) is 0 Å². The SMILES string of the molecule is CCCCOc1c(Cl)cc(C(=O)N[C@@H](C)C(=O)N2CCCCC2)cc1OCC. The largest absolute Gasteiger partial charge is 0.490 e. The predicted molar refractivity (Wildman–Crippen MR) is 110 cm³/mol. The molecule has 6 nitrogen and oxygen atoms in total. The van der Waals surface area contributed by atoms with Crippen molar-refractivity contribution < 1.29 is 19.1 Å². The first-order chi connectivity index (χ1) is 13.5. The van der Waals surface area contributed by atoms with E-state index in [0.29, 0.717) is 35.3 Å². The molecule has 1 fully saturated rings. The molecule has 0 unspecified atom stereocenters. The molecule has 1 aromatic carbocycles. The second-order valence-electron chi connectivity index (χ2n) is 7.00. The van der Waals surface area contributed by atoms with Gasteiger partial charge in [-0.3, -0.25) is 9.59 Å². The molecule has 0 bridgehead atoms. The van der Waals surface area contributed by atoms with Crippen LogP contribution in [0.4, 0.5) is 0 Å². The van der Waals surface area contributed by atoms with E-state index in [9.17, 15) is 9.59 Å². The molecule has 1 saturated heterocycles. The van der Waals surface area contributed by atoms with Crippen molar-refractivity contribution in [1.82, 2.24) is 10.2 Å². The monoisotopic (exact) mass is 410 g/mol. The van der Waals surface area contributed by atoms with Gasteiger partial charge in [0, 0.05) is 18.7 Å². The van der Waals surface area contributed by atoms with Gasteiger partial charge in [-0.05, 0) is 51.7 Å². The van der Waals surface area contributed by atoms with E-state index in [2.05, 4.69) is 12.2 Å². The number of hydrogen-bond acceptors (Lipinski definition) is 4. The van der Waals surface area contributed by atoms with E-state index in [1.165, 1.54) is 0 Å². The third-order valence-corrected chi connectivity index (χ3v) is 4.98. The van der Waals surface area contributed by atoms with Crippen LogP contribution >= 0.6 is 11.6 Å². The lowest BCUT2D eigenvalue weighted by molar-refractivity contribution is -0.133. The summed E-state index contributed by atoms with van der Waals surface area (Å²) >= 11 is 6.35. The summed E-state index contributed by atoms with van der Waals surface area (Å²) in [6.07, 6.45) is 5.08. The van der Waals surface area contributed by atoms with E-state index in [1.807, 2.05) is 11.8 Å². The molecule has 1 N–H and O–H groups in total. The number of likely N-dealkylation sites (tertiary alicyclic amines) is 1. The van der Waals surface area contributed by atoms with E-state index in [4.69, 9.17) is 21.1 Å². The zero-order valence-corrected chi connectivity index (χ0v) is 17.8. The molecular weight excluding hydrogens is 380 g/mol. The molecule has 1 aliphatic rings. The Hall–Kier alpha value is -1.95. The lowest BCUT2D eigenvalue weighted by Crippen LogP contribution is -2.48. The number of rotatable bonds is 9. The van der Waals surface area contributed by atoms with Crippen LogP contribution in [0.25, 0.3) is 0 Å². The zero-order chi connectivity index (χ0) is 20.5. The summed E-state index contributed by atoms with van der Waals surface area (Å²) < 4.78 is 11.4. The Morgan fingerprint density at radius 2 is 1.89 bits per heavy atom. The van der Waals surface area contributed by atoms with Gasteiger partial charge in [0.1, 0.15) is 6.04 Å². The van der Waals surface area contributed by atoms with Crippen LogP contribution in [0.1, 0.15) is 63.2 Å². The number of carbonyl (C=O) groups is 2. The van der Waals surface area contributed by atoms with Crippen molar-refractivity contribution in [3.8, 4) is 11.5 Å². The Morgan fingerprint density at radius 3 is 2.54 bits per heavy atom. The number of nitrogens with one attached hydrogen (secondary N) is 1. The summed E-state index contributed by atoms with van der Waals surface area (Å²) in [4.78, 5) is 27.0. The Balaban J connectivity index is 2.09. The van der Waals surface area contributed by atoms with Gasteiger partial charge < -0.3 is 19.7 Å². The minimum Gasteiger partial charge on any atom is -0.490 e. The van der Waals surface area contributed by atoms with E-state index < -0.39 is 6.04 Å². The van der Waals surface area contributed by atoms with Crippen molar-refractivity contribution in [1.29, 1.82) is 0 Å². The van der Waals surface area contributed by atoms with E-state index in [0.717, 1.165) is 45.2 Å². The number of piperidine rings is 1. The molecule has 0 radical (unpaired) electrons. The number of nitrogens with zero attached hydrogens (tertiary/aromatic N) is 1. The number of benzene rings is 1. The summed E-state index contributed by atoms with van der Waals surface area (Å²) in [5, 5.41) is 3.10. The second-order valence-corrected chi connectivity index (χ2v) is 7.41. The highest BCUT2D eigenvalue weighted by molar-refractivity contribution is 6.32. The average molecular weight is 411 g/mol. The normalized spacial score (nSPS) is 15.1. The maximum atomic E-state index is 12.7. The topological polar surface area (TPSA) is 67.9 Å². The van der Waals surface area contributed by atoms with E-state index >= 15 is 0 Å². The lowest BCUT2D eigenvalue weighted by Gasteiger charge is -2.29. The fourth-order valence-corrected chi connectivity index (χ4v) is 3.42. The van der Waals surface area contributed by atoms with Crippen LogP contribution in [0.5, 0.6) is 11.5 Å². The molecule has 2 rings (SSSR count). The Bertz CT molecular complexity index is 675. The molecule has 1 heterocycles. The van der Waals surface area contributed by atoms with Crippen LogP contribution in [0, 0.1) is 0 Å². The highest BCUT2D eigenvalue weighted by atomic mass is 35.5. The van der Waals surface area contributed by atoms with Crippen LogP contribution in [0.15, 0.2) is 12.1 Å². The Kier molecular flexibility index (Phi) is 8.90. The fourth-order valence-electron chi connectivity index (χ4n) is 3.15. The molecular formula is C21H31ClN2O4. The van der Waals surface area contributed by atoms with Crippen LogP contribution in [0.2, 0.25) is 5.02 Å². The number of halogens is 1. The quantitative estimate of drug-likeness (QED) is 0.623. The number of unbranched alkanes of at least 4 members (excludes halogenated alkanes) is 1. The molecule has 0 aromatic heterocycles. The van der Waals surface area contributed by atoms with Gasteiger partial charge in [0.05, 0.1) is 18.2 Å². The molecule has 2 amide bonds. The minimum absolute atomic E-state index is 0.0521. The number of carbonyl (C=O) groups excluding carboxylic acids is 2. The minimum atomic E-state index is -0.597. The van der Waals surface area contributed by atoms with E-state index in [-0.39, 0.29) is 11.8 Å². The zero-order valence-electron chi connectivity index (χ0n) is 17.1. The highest BCUT2D eigenvalue weighted by Crippen LogP contribution is 2.37. The summed E-state index contributed by atoms with van der Waals surface area (Å²) in [6, 6.07) is 2.57. The molecule has 7 heteroatoms. The summed E-state index contributed by atoms with van der Waals surface area (Å²) in [7, 11) is 0. The van der Waals surface area contributed by atoms with Crippen molar-refractivity contribution in [2.45, 2.75) is 58.9 Å². The van der Waals surface area contributed by atoms with Gasteiger partial charge in [-0.2, -0.15) is 0 Å². The summed E-state index contributed by atoms with van der Waals surface area (Å²) in [6.45, 7) is 8.11. The molecule has 1 atom stereocenters. The lowest BCUT2D eigenvalue weighted by atomic mass is 10.1. The average Bonchev–Trinajstić information content (AvgIpc) is 2.70. The first kappa shape index (κ1) is 22.3. The number of amides is 2. The van der Waals surface area contributed by atoms with Crippen molar-refractivity contribution in [2.24, 2.45) is 0 Å². The summed E-state index contributed by atoms with van der Waals surface area (Å²) in [5.74, 6) is 0.474. The van der Waals surface area contributed by atoms with Crippen molar-refractivity contribution >= 4 is 23.4 Å². The van der Waals surface area contributed by atoms with Crippen LogP contribution in [0.3, 0.4) is 0 Å². The number of hydrogen-bond donors (Lipinski definition) is 1. The highest BCUT2D eigenvalue weighted by Gasteiger charge is 2.24.